The van der Waals surface area contributed by atoms with Crippen LogP contribution in [-0.2, 0) is 4.79 Å². The number of carbonyl (C=O) groups is 1. The Bertz CT molecular complexity index is 150. The minimum atomic E-state index is -0.603. The predicted octanol–water partition coefficient (Wildman–Crippen LogP) is 3.93. The van der Waals surface area contributed by atoms with Crippen LogP contribution in [0.5, 0.6) is 0 Å². The highest BCUT2D eigenvalue weighted by Crippen LogP contribution is 2.37. The summed E-state index contributed by atoms with van der Waals surface area (Å²) >= 11 is 0. The number of hydrogen-bond acceptors (Lipinski definition) is 1. The molecule has 0 amide bonds. The Balaban J connectivity index is 3.68. The number of aliphatic carboxylic acids is 1. The number of carboxylic acid groups (broad SMARTS) is 1. The van der Waals surface area contributed by atoms with Crippen molar-refractivity contribution in [2.24, 2.45) is 0 Å². The SMILES string of the molecule is CCCCCP(CCCCC)CC(=O)O. The van der Waals surface area contributed by atoms with E-state index in [1.165, 1.54) is 50.8 Å². The van der Waals surface area contributed by atoms with Gasteiger partial charge in [-0.3, -0.25) is 4.79 Å². The minimum Gasteiger partial charge on any atom is -0.481 e. The Kier molecular flexibility index (Phi) is 10.3. The number of unbranched alkanes of at least 4 members (excludes halogenated alkanes) is 4. The van der Waals surface area contributed by atoms with Gasteiger partial charge < -0.3 is 5.11 Å². The maximum Gasteiger partial charge on any atom is 0.307 e. The van der Waals surface area contributed by atoms with Crippen molar-refractivity contribution in [2.45, 2.75) is 52.4 Å². The van der Waals surface area contributed by atoms with E-state index in [0.717, 1.165) is 0 Å². The third-order valence-electron chi connectivity index (χ3n) is 2.51. The third kappa shape index (κ3) is 10.2. The zero-order chi connectivity index (χ0) is 11.5. The quantitative estimate of drug-likeness (QED) is 0.457. The maximum absolute atomic E-state index is 10.7. The Hall–Kier alpha value is -0.100. The van der Waals surface area contributed by atoms with Gasteiger partial charge in [-0.2, -0.15) is 0 Å². The number of rotatable bonds is 10. The fraction of sp³-hybridized carbons (Fsp3) is 0.917. The first-order chi connectivity index (χ1) is 7.20. The van der Waals surface area contributed by atoms with Crippen molar-refractivity contribution in [1.82, 2.24) is 0 Å². The molecule has 0 saturated heterocycles. The van der Waals surface area contributed by atoms with Crippen LogP contribution in [0.15, 0.2) is 0 Å². The van der Waals surface area contributed by atoms with Crippen molar-refractivity contribution in [3.63, 3.8) is 0 Å². The molecule has 15 heavy (non-hydrogen) atoms. The fourth-order valence-electron chi connectivity index (χ4n) is 1.63. The van der Waals surface area contributed by atoms with E-state index in [0.29, 0.717) is 6.16 Å². The molecule has 2 nitrogen and oxygen atoms in total. The van der Waals surface area contributed by atoms with Crippen molar-refractivity contribution in [3.8, 4) is 0 Å². The average molecular weight is 232 g/mol. The summed E-state index contributed by atoms with van der Waals surface area (Å²) in [4.78, 5) is 10.7. The first-order valence-electron chi connectivity index (χ1n) is 6.14. The average Bonchev–Trinajstić information content (AvgIpc) is 2.17. The van der Waals surface area contributed by atoms with E-state index in [1.807, 2.05) is 0 Å². The van der Waals surface area contributed by atoms with Gasteiger partial charge in [-0.15, -0.1) is 0 Å². The molecule has 0 fully saturated rings. The molecule has 0 rings (SSSR count). The first-order valence-corrected chi connectivity index (χ1v) is 8.04. The van der Waals surface area contributed by atoms with Crippen LogP contribution in [-0.4, -0.2) is 29.6 Å². The van der Waals surface area contributed by atoms with E-state index < -0.39 is 5.97 Å². The van der Waals surface area contributed by atoms with Crippen LogP contribution in [0.2, 0.25) is 0 Å². The van der Waals surface area contributed by atoms with Gasteiger partial charge in [0.15, 0.2) is 0 Å². The van der Waals surface area contributed by atoms with Crippen LogP contribution in [0, 0.1) is 0 Å². The summed E-state index contributed by atoms with van der Waals surface area (Å²) in [5.74, 6) is -0.603. The van der Waals surface area contributed by atoms with Crippen molar-refractivity contribution < 1.29 is 9.90 Å². The van der Waals surface area contributed by atoms with Crippen LogP contribution in [0.3, 0.4) is 0 Å². The molecule has 0 aromatic heterocycles. The zero-order valence-corrected chi connectivity index (χ0v) is 11.1. The van der Waals surface area contributed by atoms with Crippen molar-refractivity contribution >= 4 is 13.9 Å². The van der Waals surface area contributed by atoms with Gasteiger partial charge in [0.1, 0.15) is 0 Å². The summed E-state index contributed by atoms with van der Waals surface area (Å²) in [5.41, 5.74) is 0. The second-order valence-corrected chi connectivity index (χ2v) is 6.64. The maximum atomic E-state index is 10.7. The molecule has 0 radical (unpaired) electrons. The van der Waals surface area contributed by atoms with Gasteiger partial charge >= 0.3 is 5.97 Å². The lowest BCUT2D eigenvalue weighted by Gasteiger charge is -2.15. The Morgan fingerprint density at radius 1 is 1.00 bits per heavy atom. The summed E-state index contributed by atoms with van der Waals surface area (Å²) < 4.78 is 0. The van der Waals surface area contributed by atoms with Crippen LogP contribution < -0.4 is 0 Å². The van der Waals surface area contributed by atoms with Gasteiger partial charge in [0.05, 0.1) is 6.16 Å². The first kappa shape index (κ1) is 14.9. The van der Waals surface area contributed by atoms with Crippen molar-refractivity contribution in [1.29, 1.82) is 0 Å². The lowest BCUT2D eigenvalue weighted by atomic mass is 10.3. The van der Waals surface area contributed by atoms with E-state index in [4.69, 9.17) is 5.11 Å². The van der Waals surface area contributed by atoms with Gasteiger partial charge in [-0.25, -0.2) is 0 Å². The molecule has 90 valence electrons. The van der Waals surface area contributed by atoms with Gasteiger partial charge in [-0.1, -0.05) is 47.5 Å². The standard InChI is InChI=1S/C12H25O2P/c1-3-5-7-9-15(11-12(13)14)10-8-6-4-2/h3-11H2,1-2H3,(H,13,14). The highest BCUT2D eigenvalue weighted by Gasteiger charge is 2.11. The van der Waals surface area contributed by atoms with Crippen molar-refractivity contribution in [3.05, 3.63) is 0 Å². The van der Waals surface area contributed by atoms with Crippen molar-refractivity contribution in [2.75, 3.05) is 18.5 Å². The van der Waals surface area contributed by atoms with Gasteiger partial charge in [-0.05, 0) is 25.2 Å². The molecule has 0 aliphatic carbocycles. The molecule has 0 heterocycles. The molecule has 0 bridgehead atoms. The highest BCUT2D eigenvalue weighted by atomic mass is 31.1. The smallest absolute Gasteiger partial charge is 0.307 e. The van der Waals surface area contributed by atoms with E-state index in [1.54, 1.807) is 0 Å². The summed E-state index contributed by atoms with van der Waals surface area (Å²) in [6.07, 6.45) is 10.2. The molecular weight excluding hydrogens is 207 g/mol. The van der Waals surface area contributed by atoms with Crippen LogP contribution in [0.1, 0.15) is 52.4 Å². The summed E-state index contributed by atoms with van der Waals surface area (Å²) in [6.45, 7) is 4.38. The van der Waals surface area contributed by atoms with Crippen LogP contribution in [0.4, 0.5) is 0 Å². The second-order valence-electron chi connectivity index (χ2n) is 4.08. The van der Waals surface area contributed by atoms with Crippen LogP contribution >= 0.6 is 7.92 Å². The van der Waals surface area contributed by atoms with E-state index in [-0.39, 0.29) is 7.92 Å². The summed E-state index contributed by atoms with van der Waals surface area (Å²) in [6, 6.07) is 0. The van der Waals surface area contributed by atoms with Crippen LogP contribution in [0.25, 0.3) is 0 Å². The molecule has 0 spiro atoms. The topological polar surface area (TPSA) is 37.3 Å². The minimum absolute atomic E-state index is 0.223. The molecule has 3 heteroatoms. The summed E-state index contributed by atoms with van der Waals surface area (Å²) in [7, 11) is -0.223. The van der Waals surface area contributed by atoms with E-state index >= 15 is 0 Å². The number of hydrogen-bond donors (Lipinski definition) is 1. The fourth-order valence-corrected chi connectivity index (χ4v) is 3.90. The lowest BCUT2D eigenvalue weighted by Crippen LogP contribution is -2.05. The molecule has 0 aromatic carbocycles. The Morgan fingerprint density at radius 2 is 1.47 bits per heavy atom. The lowest BCUT2D eigenvalue weighted by molar-refractivity contribution is -0.134. The Morgan fingerprint density at radius 3 is 1.80 bits per heavy atom. The second kappa shape index (κ2) is 10.4. The Labute approximate surface area is 95.2 Å². The molecule has 0 aliphatic rings. The molecule has 1 N–H and O–H groups in total. The van der Waals surface area contributed by atoms with Gasteiger partial charge in [0.25, 0.3) is 0 Å². The van der Waals surface area contributed by atoms with Gasteiger partial charge in [0, 0.05) is 0 Å². The molecule has 0 atom stereocenters. The normalized spacial score (nSPS) is 10.9. The monoisotopic (exact) mass is 232 g/mol. The van der Waals surface area contributed by atoms with E-state index in [2.05, 4.69) is 13.8 Å². The number of carboxylic acids is 1. The van der Waals surface area contributed by atoms with Gasteiger partial charge in [0.2, 0.25) is 0 Å². The molecule has 0 aromatic rings. The molecule has 0 unspecified atom stereocenters. The van der Waals surface area contributed by atoms with E-state index in [9.17, 15) is 4.79 Å². The molecule has 0 aliphatic heterocycles. The molecular formula is C12H25O2P. The third-order valence-corrected chi connectivity index (χ3v) is 5.13. The highest BCUT2D eigenvalue weighted by molar-refractivity contribution is 7.58. The summed E-state index contributed by atoms with van der Waals surface area (Å²) in [5, 5.41) is 8.81. The largest absolute Gasteiger partial charge is 0.481 e. The zero-order valence-electron chi connectivity index (χ0n) is 10.2. The predicted molar refractivity (Wildman–Crippen MR) is 68.2 cm³/mol. The molecule has 0 saturated carbocycles.